The van der Waals surface area contributed by atoms with E-state index in [4.69, 9.17) is 0 Å². The van der Waals surface area contributed by atoms with E-state index in [1.54, 1.807) is 18.3 Å². The monoisotopic (exact) mass is 360 g/mol. The number of nitrogens with one attached hydrogen (secondary N) is 3. The van der Waals surface area contributed by atoms with Crippen molar-refractivity contribution < 1.29 is 9.90 Å². The molecule has 0 unspecified atom stereocenters. The average Bonchev–Trinajstić information content (AvgIpc) is 2.65. The first-order chi connectivity index (χ1) is 10.6. The number of aliphatic hydroxyl groups is 1. The quantitative estimate of drug-likeness (QED) is 0.497. The fourth-order valence-corrected chi connectivity index (χ4v) is 2.33. The molecule has 0 saturated heterocycles. The largest absolute Gasteiger partial charge is 0.366 e. The molecule has 1 aliphatic heterocycles. The van der Waals surface area contributed by atoms with E-state index in [1.807, 2.05) is 24.3 Å². The number of pyridine rings is 1. The number of rotatable bonds is 3. The molecule has 2 heterocycles. The predicted molar refractivity (Wildman–Crippen MR) is 86.8 cm³/mol. The number of halogens is 1. The number of hydrogen-bond donors (Lipinski definition) is 4. The van der Waals surface area contributed by atoms with Crippen LogP contribution in [0.4, 0.5) is 11.4 Å². The minimum Gasteiger partial charge on any atom is -0.366 e. The van der Waals surface area contributed by atoms with Gasteiger partial charge >= 0.3 is 0 Å². The Hall–Kier alpha value is -2.22. The fourth-order valence-electron chi connectivity index (χ4n) is 2.06. The molecule has 4 N–H and O–H groups in total. The smallest absolute Gasteiger partial charge is 0.248 e. The number of nitrogens with zero attached hydrogens (tertiary/aromatic N) is 1. The number of carbonyl (C=O) groups excluding carboxylic acids is 1. The average molecular weight is 361 g/mol. The van der Waals surface area contributed by atoms with Crippen molar-refractivity contribution in [3.05, 3.63) is 64.9 Å². The Morgan fingerprint density at radius 2 is 2.00 bits per heavy atom. The molecule has 1 amide bonds. The van der Waals surface area contributed by atoms with Gasteiger partial charge in [-0.1, -0.05) is 15.9 Å². The van der Waals surface area contributed by atoms with E-state index < -0.39 is 5.72 Å². The molecule has 1 aliphatic rings. The van der Waals surface area contributed by atoms with Gasteiger partial charge in [0.1, 0.15) is 5.69 Å². The van der Waals surface area contributed by atoms with Crippen LogP contribution in [-0.4, -0.2) is 16.0 Å². The Labute approximate surface area is 135 Å². The van der Waals surface area contributed by atoms with Crippen molar-refractivity contribution in [1.82, 2.24) is 10.4 Å². The number of anilines is 2. The first-order valence-electron chi connectivity index (χ1n) is 6.54. The van der Waals surface area contributed by atoms with Crippen LogP contribution in [0, 0.1) is 0 Å². The zero-order valence-electron chi connectivity index (χ0n) is 11.4. The molecule has 0 radical (unpaired) electrons. The molecule has 112 valence electrons. The van der Waals surface area contributed by atoms with Crippen molar-refractivity contribution in [2.24, 2.45) is 0 Å². The zero-order valence-corrected chi connectivity index (χ0v) is 13.0. The van der Waals surface area contributed by atoms with Crippen molar-refractivity contribution in [3.63, 3.8) is 0 Å². The lowest BCUT2D eigenvalue weighted by Gasteiger charge is -2.26. The molecule has 1 aromatic carbocycles. The first-order valence-corrected chi connectivity index (χ1v) is 7.33. The summed E-state index contributed by atoms with van der Waals surface area (Å²) in [6, 6.07) is 10.8. The van der Waals surface area contributed by atoms with Gasteiger partial charge in [0.25, 0.3) is 0 Å². The van der Waals surface area contributed by atoms with E-state index in [0.29, 0.717) is 11.4 Å². The molecule has 7 heteroatoms. The summed E-state index contributed by atoms with van der Waals surface area (Å²) in [7, 11) is 0. The van der Waals surface area contributed by atoms with Gasteiger partial charge in [-0.3, -0.25) is 9.78 Å². The highest BCUT2D eigenvalue weighted by Gasteiger charge is 2.33. The third-order valence-corrected chi connectivity index (χ3v) is 3.67. The van der Waals surface area contributed by atoms with E-state index >= 15 is 0 Å². The van der Waals surface area contributed by atoms with Crippen molar-refractivity contribution >= 4 is 33.2 Å². The summed E-state index contributed by atoms with van der Waals surface area (Å²) in [5, 5.41) is 13.5. The Kier molecular flexibility index (Phi) is 3.93. The Morgan fingerprint density at radius 3 is 2.77 bits per heavy atom. The van der Waals surface area contributed by atoms with Crippen molar-refractivity contribution in [1.29, 1.82) is 0 Å². The molecule has 0 aliphatic carbocycles. The molecular weight excluding hydrogens is 348 g/mol. The number of amides is 1. The van der Waals surface area contributed by atoms with Crippen LogP contribution in [-0.2, 0) is 10.5 Å². The maximum Gasteiger partial charge on any atom is 0.248 e. The topological polar surface area (TPSA) is 86.3 Å². The summed E-state index contributed by atoms with van der Waals surface area (Å²) < 4.78 is 0.952. The van der Waals surface area contributed by atoms with Gasteiger partial charge in [0.2, 0.25) is 5.91 Å². The van der Waals surface area contributed by atoms with Gasteiger partial charge in [0, 0.05) is 22.4 Å². The fraction of sp³-hybridized carbons (Fsp3) is 0.0667. The molecule has 2 aromatic rings. The number of fused-ring (bicyclic) bond motifs is 1. The minimum atomic E-state index is -1.62. The maximum atomic E-state index is 11.7. The summed E-state index contributed by atoms with van der Waals surface area (Å²) in [6.45, 7) is 0. The van der Waals surface area contributed by atoms with Crippen LogP contribution in [0.3, 0.4) is 0 Å². The van der Waals surface area contributed by atoms with Gasteiger partial charge in [-0.25, -0.2) is 0 Å². The number of aromatic nitrogens is 1. The molecule has 1 aromatic heterocycles. The highest BCUT2D eigenvalue weighted by atomic mass is 79.9. The first kappa shape index (κ1) is 14.7. The van der Waals surface area contributed by atoms with Crippen LogP contribution in [0.5, 0.6) is 0 Å². The van der Waals surface area contributed by atoms with Crippen molar-refractivity contribution in [3.8, 4) is 0 Å². The Balaban J connectivity index is 1.88. The Bertz CT molecular complexity index is 733. The molecule has 0 bridgehead atoms. The second kappa shape index (κ2) is 5.88. The summed E-state index contributed by atoms with van der Waals surface area (Å²) in [4.78, 5) is 15.8. The third-order valence-electron chi connectivity index (χ3n) is 3.14. The van der Waals surface area contributed by atoms with Crippen LogP contribution < -0.4 is 16.2 Å². The standard InChI is InChI=1S/C15H13BrN4O2/c16-10-3-5-11(6-4-10)19-20-15(22)8-7-13(21)18-12-2-1-9-17-14(12)15/h1-9,19-20,22H,(H,18,21)/t15-/m0/s1. The van der Waals surface area contributed by atoms with Crippen LogP contribution in [0.1, 0.15) is 5.69 Å². The summed E-state index contributed by atoms with van der Waals surface area (Å²) in [5.41, 5.74) is 5.60. The van der Waals surface area contributed by atoms with Gasteiger partial charge in [-0.05, 0) is 42.5 Å². The molecule has 6 nitrogen and oxygen atoms in total. The number of benzene rings is 1. The van der Waals surface area contributed by atoms with E-state index in [0.717, 1.165) is 10.2 Å². The normalized spacial score (nSPS) is 20.0. The van der Waals surface area contributed by atoms with Crippen LogP contribution >= 0.6 is 15.9 Å². The maximum absolute atomic E-state index is 11.7. The van der Waals surface area contributed by atoms with Gasteiger partial charge in [-0.15, -0.1) is 0 Å². The van der Waals surface area contributed by atoms with Crippen molar-refractivity contribution in [2.75, 3.05) is 10.7 Å². The lowest BCUT2D eigenvalue weighted by atomic mass is 10.1. The van der Waals surface area contributed by atoms with Crippen LogP contribution in [0.2, 0.25) is 0 Å². The molecule has 3 rings (SSSR count). The van der Waals surface area contributed by atoms with E-state index in [-0.39, 0.29) is 5.91 Å². The minimum absolute atomic E-state index is 0.307. The third kappa shape index (κ3) is 3.01. The van der Waals surface area contributed by atoms with Gasteiger partial charge in [0.05, 0.1) is 5.69 Å². The molecule has 0 saturated carbocycles. The molecule has 22 heavy (non-hydrogen) atoms. The summed E-state index contributed by atoms with van der Waals surface area (Å²) in [6.07, 6.45) is 4.17. The highest BCUT2D eigenvalue weighted by Crippen LogP contribution is 2.27. The molecule has 0 spiro atoms. The number of hydrazine groups is 1. The highest BCUT2D eigenvalue weighted by molar-refractivity contribution is 9.10. The lowest BCUT2D eigenvalue weighted by Crippen LogP contribution is -2.44. The second-order valence-corrected chi connectivity index (χ2v) is 5.66. The van der Waals surface area contributed by atoms with Gasteiger partial charge in [-0.2, -0.15) is 5.43 Å². The predicted octanol–water partition coefficient (Wildman–Crippen LogP) is 2.11. The molecule has 0 fully saturated rings. The number of carbonyl (C=O) groups is 1. The molecular formula is C15H13BrN4O2. The SMILES string of the molecule is O=C1C=C[C@@](O)(NNc2ccc(Br)cc2)c2ncccc2N1. The summed E-state index contributed by atoms with van der Waals surface area (Å²) in [5.74, 6) is -0.324. The number of hydrogen-bond acceptors (Lipinski definition) is 5. The van der Waals surface area contributed by atoms with Gasteiger partial charge in [0.15, 0.2) is 5.72 Å². The van der Waals surface area contributed by atoms with Crippen molar-refractivity contribution in [2.45, 2.75) is 5.72 Å². The summed E-state index contributed by atoms with van der Waals surface area (Å²) >= 11 is 3.36. The zero-order chi connectivity index (χ0) is 15.6. The van der Waals surface area contributed by atoms with Gasteiger partial charge < -0.3 is 15.8 Å². The van der Waals surface area contributed by atoms with Crippen LogP contribution in [0.15, 0.2) is 59.2 Å². The molecule has 1 atom stereocenters. The van der Waals surface area contributed by atoms with E-state index in [1.165, 1.54) is 12.2 Å². The van der Waals surface area contributed by atoms with Crippen LogP contribution in [0.25, 0.3) is 0 Å². The van der Waals surface area contributed by atoms with E-state index in [9.17, 15) is 9.90 Å². The Morgan fingerprint density at radius 1 is 1.23 bits per heavy atom. The second-order valence-electron chi connectivity index (χ2n) is 4.75. The lowest BCUT2D eigenvalue weighted by molar-refractivity contribution is -0.111. The van der Waals surface area contributed by atoms with E-state index in [2.05, 4.69) is 37.1 Å².